The van der Waals surface area contributed by atoms with Crippen molar-refractivity contribution < 1.29 is 9.47 Å². The summed E-state index contributed by atoms with van der Waals surface area (Å²) in [4.78, 5) is 6.74. The van der Waals surface area contributed by atoms with E-state index >= 15 is 0 Å². The molecule has 0 amide bonds. The molecular formula is C19H32N4O2. The minimum absolute atomic E-state index is 0.230. The summed E-state index contributed by atoms with van der Waals surface area (Å²) < 4.78 is 10.9. The molecule has 0 bridgehead atoms. The molecule has 1 fully saturated rings. The van der Waals surface area contributed by atoms with Crippen LogP contribution in [0.2, 0.25) is 0 Å². The molecule has 0 radical (unpaired) electrons. The van der Waals surface area contributed by atoms with Gasteiger partial charge in [0.05, 0.1) is 18.8 Å². The number of nitrogens with zero attached hydrogens (tertiary/aromatic N) is 2. The molecule has 2 rings (SSSR count). The number of aliphatic imine (C=N–C) groups is 1. The molecule has 0 aliphatic carbocycles. The highest BCUT2D eigenvalue weighted by atomic mass is 16.5. The molecule has 1 heterocycles. The molecular weight excluding hydrogens is 316 g/mol. The smallest absolute Gasteiger partial charge is 0.191 e. The first kappa shape index (κ1) is 19.7. The average molecular weight is 348 g/mol. The second-order valence-corrected chi connectivity index (χ2v) is 6.90. The molecule has 0 saturated carbocycles. The van der Waals surface area contributed by atoms with E-state index in [0.717, 1.165) is 45.4 Å². The average Bonchev–Trinajstić information content (AvgIpc) is 2.64. The molecule has 6 nitrogen and oxygen atoms in total. The highest BCUT2D eigenvalue weighted by Gasteiger charge is 2.17. The maximum Gasteiger partial charge on any atom is 0.191 e. The van der Waals surface area contributed by atoms with Crippen molar-refractivity contribution >= 4 is 5.96 Å². The van der Waals surface area contributed by atoms with Gasteiger partial charge in [-0.15, -0.1) is 0 Å². The third-order valence-electron chi connectivity index (χ3n) is 4.52. The van der Waals surface area contributed by atoms with Crippen LogP contribution in [0.3, 0.4) is 0 Å². The number of nitrogens with one attached hydrogen (secondary N) is 2. The molecule has 1 saturated heterocycles. The Morgan fingerprint density at radius 3 is 2.52 bits per heavy atom. The topological polar surface area (TPSA) is 58.1 Å². The molecule has 0 aromatic heterocycles. The summed E-state index contributed by atoms with van der Waals surface area (Å²) in [5, 5.41) is 6.72. The first-order chi connectivity index (χ1) is 12.0. The Hall–Kier alpha value is -1.63. The number of ether oxygens (including phenoxy) is 2. The Kier molecular flexibility index (Phi) is 7.68. The van der Waals surface area contributed by atoms with Crippen LogP contribution in [0.25, 0.3) is 0 Å². The van der Waals surface area contributed by atoms with Crippen molar-refractivity contribution in [2.75, 3.05) is 47.0 Å². The number of guanidine groups is 1. The molecule has 140 valence electrons. The van der Waals surface area contributed by atoms with Gasteiger partial charge in [0.15, 0.2) is 5.96 Å². The van der Waals surface area contributed by atoms with Gasteiger partial charge >= 0.3 is 0 Å². The monoisotopic (exact) mass is 348 g/mol. The zero-order chi connectivity index (χ0) is 18.1. The van der Waals surface area contributed by atoms with Crippen LogP contribution in [-0.4, -0.2) is 63.5 Å². The van der Waals surface area contributed by atoms with Crippen molar-refractivity contribution in [1.82, 2.24) is 15.5 Å². The Bertz CT molecular complexity index is 554. The summed E-state index contributed by atoms with van der Waals surface area (Å²) in [6.45, 7) is 10.1. The molecule has 1 aliphatic rings. The molecule has 6 heteroatoms. The first-order valence-corrected chi connectivity index (χ1v) is 8.90. The van der Waals surface area contributed by atoms with Crippen molar-refractivity contribution in [2.24, 2.45) is 4.99 Å². The standard InChI is InChI=1S/C19H32N4O2/c1-19(2,24-4)15-22-18(20-3)21-13-16-7-5-6-8-17(16)14-23-9-11-25-12-10-23/h5-8H,9-15H2,1-4H3,(H2,20,21,22). The fraction of sp³-hybridized carbons (Fsp3) is 0.632. The molecule has 2 N–H and O–H groups in total. The van der Waals surface area contributed by atoms with E-state index in [1.165, 1.54) is 11.1 Å². The van der Waals surface area contributed by atoms with E-state index in [1.807, 2.05) is 13.8 Å². The van der Waals surface area contributed by atoms with Gasteiger partial charge in [0, 0.05) is 46.9 Å². The van der Waals surface area contributed by atoms with Gasteiger partial charge in [-0.1, -0.05) is 24.3 Å². The maximum atomic E-state index is 5.44. The fourth-order valence-corrected chi connectivity index (χ4v) is 2.65. The van der Waals surface area contributed by atoms with Crippen molar-refractivity contribution in [2.45, 2.75) is 32.5 Å². The largest absolute Gasteiger partial charge is 0.379 e. The third-order valence-corrected chi connectivity index (χ3v) is 4.52. The lowest BCUT2D eigenvalue weighted by Crippen LogP contribution is -2.45. The summed E-state index contributed by atoms with van der Waals surface area (Å²) >= 11 is 0. The van der Waals surface area contributed by atoms with E-state index < -0.39 is 0 Å². The fourth-order valence-electron chi connectivity index (χ4n) is 2.65. The Morgan fingerprint density at radius 2 is 1.88 bits per heavy atom. The van der Waals surface area contributed by atoms with E-state index in [-0.39, 0.29) is 5.60 Å². The van der Waals surface area contributed by atoms with Gasteiger partial charge in [0.25, 0.3) is 0 Å². The minimum atomic E-state index is -0.230. The van der Waals surface area contributed by atoms with Crippen molar-refractivity contribution in [3.05, 3.63) is 35.4 Å². The van der Waals surface area contributed by atoms with Crippen LogP contribution in [0.5, 0.6) is 0 Å². The minimum Gasteiger partial charge on any atom is -0.379 e. The van der Waals surface area contributed by atoms with E-state index in [0.29, 0.717) is 6.54 Å². The summed E-state index contributed by atoms with van der Waals surface area (Å²) in [7, 11) is 3.51. The third kappa shape index (κ3) is 6.65. The van der Waals surface area contributed by atoms with Gasteiger partial charge in [-0.3, -0.25) is 9.89 Å². The zero-order valence-electron chi connectivity index (χ0n) is 16.0. The van der Waals surface area contributed by atoms with Crippen LogP contribution in [0, 0.1) is 0 Å². The molecule has 0 unspecified atom stereocenters. The summed E-state index contributed by atoms with van der Waals surface area (Å²) in [6, 6.07) is 8.57. The normalized spacial score (nSPS) is 16.7. The Morgan fingerprint density at radius 1 is 1.20 bits per heavy atom. The molecule has 0 spiro atoms. The zero-order valence-corrected chi connectivity index (χ0v) is 16.0. The second-order valence-electron chi connectivity index (χ2n) is 6.90. The van der Waals surface area contributed by atoms with Crippen LogP contribution < -0.4 is 10.6 Å². The predicted molar refractivity (Wildman–Crippen MR) is 102 cm³/mol. The molecule has 1 aromatic carbocycles. The molecule has 0 atom stereocenters. The van der Waals surface area contributed by atoms with E-state index in [4.69, 9.17) is 9.47 Å². The van der Waals surface area contributed by atoms with Gasteiger partial charge in [0.1, 0.15) is 0 Å². The lowest BCUT2D eigenvalue weighted by molar-refractivity contribution is 0.0268. The lowest BCUT2D eigenvalue weighted by atomic mass is 10.1. The lowest BCUT2D eigenvalue weighted by Gasteiger charge is -2.27. The van der Waals surface area contributed by atoms with Gasteiger partial charge in [-0.05, 0) is 25.0 Å². The number of methoxy groups -OCH3 is 1. The number of morpholine rings is 1. The summed E-state index contributed by atoms with van der Waals surface area (Å²) in [5.41, 5.74) is 2.42. The summed E-state index contributed by atoms with van der Waals surface area (Å²) in [6.07, 6.45) is 0. The van der Waals surface area contributed by atoms with Crippen molar-refractivity contribution in [3.63, 3.8) is 0 Å². The van der Waals surface area contributed by atoms with Crippen LogP contribution in [0.15, 0.2) is 29.3 Å². The highest BCUT2D eigenvalue weighted by molar-refractivity contribution is 5.79. The number of hydrogen-bond donors (Lipinski definition) is 2. The first-order valence-electron chi connectivity index (χ1n) is 8.90. The van der Waals surface area contributed by atoms with Crippen LogP contribution in [0.1, 0.15) is 25.0 Å². The number of hydrogen-bond acceptors (Lipinski definition) is 4. The van der Waals surface area contributed by atoms with Crippen LogP contribution >= 0.6 is 0 Å². The maximum absolute atomic E-state index is 5.44. The SMILES string of the molecule is CN=C(NCc1ccccc1CN1CCOCC1)NCC(C)(C)OC. The number of rotatable bonds is 7. The molecule has 1 aliphatic heterocycles. The number of benzene rings is 1. The van der Waals surface area contributed by atoms with Gasteiger partial charge < -0.3 is 20.1 Å². The molecule has 1 aromatic rings. The molecule has 25 heavy (non-hydrogen) atoms. The highest BCUT2D eigenvalue weighted by Crippen LogP contribution is 2.13. The quantitative estimate of drug-likeness (QED) is 0.579. The van der Waals surface area contributed by atoms with Crippen molar-refractivity contribution in [1.29, 1.82) is 0 Å². The van der Waals surface area contributed by atoms with E-state index in [2.05, 4.69) is 44.8 Å². The van der Waals surface area contributed by atoms with Gasteiger partial charge in [-0.25, -0.2) is 0 Å². The van der Waals surface area contributed by atoms with E-state index in [9.17, 15) is 0 Å². The summed E-state index contributed by atoms with van der Waals surface area (Å²) in [5.74, 6) is 0.784. The second kappa shape index (κ2) is 9.75. The van der Waals surface area contributed by atoms with E-state index in [1.54, 1.807) is 14.2 Å². The Labute approximate surface area is 151 Å². The predicted octanol–water partition coefficient (Wildman–Crippen LogP) is 1.61. The van der Waals surface area contributed by atoms with Gasteiger partial charge in [0.2, 0.25) is 0 Å². The van der Waals surface area contributed by atoms with Crippen LogP contribution in [-0.2, 0) is 22.6 Å². The van der Waals surface area contributed by atoms with Crippen molar-refractivity contribution in [3.8, 4) is 0 Å². The Balaban J connectivity index is 1.90. The van der Waals surface area contributed by atoms with Gasteiger partial charge in [-0.2, -0.15) is 0 Å². The van der Waals surface area contributed by atoms with Crippen LogP contribution in [0.4, 0.5) is 0 Å².